The molecule has 3 aliphatic carbocycles. The third-order valence-corrected chi connectivity index (χ3v) is 9.99. The predicted molar refractivity (Wildman–Crippen MR) is 135 cm³/mol. The molecule has 2 heterocycles. The summed E-state index contributed by atoms with van der Waals surface area (Å²) >= 11 is 0. The average Bonchev–Trinajstić information content (AvgIpc) is 3.13. The van der Waals surface area contributed by atoms with Crippen LogP contribution >= 0.6 is 0 Å². The Hall–Kier alpha value is -2.08. The summed E-state index contributed by atoms with van der Waals surface area (Å²) in [6, 6.07) is 10.4. The van der Waals surface area contributed by atoms with Crippen LogP contribution in [0.4, 0.5) is 5.69 Å². The molecule has 3 atom stereocenters. The van der Waals surface area contributed by atoms with Crippen LogP contribution in [0.2, 0.25) is 0 Å². The van der Waals surface area contributed by atoms with E-state index in [1.807, 2.05) is 11.0 Å². The lowest BCUT2D eigenvalue weighted by molar-refractivity contribution is -0.134. The summed E-state index contributed by atoms with van der Waals surface area (Å²) in [5, 5.41) is 0. The van der Waals surface area contributed by atoms with E-state index >= 15 is 0 Å². The van der Waals surface area contributed by atoms with Gasteiger partial charge in [-0.05, 0) is 80.4 Å². The fourth-order valence-corrected chi connectivity index (χ4v) is 7.51. The second kappa shape index (κ2) is 9.18. The number of nitrogens with zero attached hydrogens (tertiary/aromatic N) is 4. The molecule has 2 aliphatic heterocycles. The van der Waals surface area contributed by atoms with Crippen LogP contribution < -0.4 is 4.90 Å². The van der Waals surface area contributed by atoms with E-state index in [-0.39, 0.29) is 5.91 Å². The summed E-state index contributed by atoms with van der Waals surface area (Å²) in [4.78, 5) is 33.3. The minimum Gasteiger partial charge on any atom is -0.347 e. The number of carbonyl (C=O) groups excluding carboxylic acids is 2. The summed E-state index contributed by atoms with van der Waals surface area (Å²) in [6.07, 6.45) is 8.20. The maximum absolute atomic E-state index is 13.8. The number of piperidine rings is 1. The number of rotatable bonds is 8. The zero-order chi connectivity index (χ0) is 23.9. The van der Waals surface area contributed by atoms with Gasteiger partial charge in [0.15, 0.2) is 0 Å². The third-order valence-electron chi connectivity index (χ3n) is 9.99. The van der Waals surface area contributed by atoms with E-state index in [1.165, 1.54) is 32.2 Å². The maximum Gasteiger partial charge on any atom is 0.250 e. The first kappa shape index (κ1) is 23.7. The average molecular weight is 467 g/mol. The Morgan fingerprint density at radius 1 is 1.09 bits per heavy atom. The number of para-hydroxylation sites is 1. The van der Waals surface area contributed by atoms with Gasteiger partial charge >= 0.3 is 0 Å². The lowest BCUT2D eigenvalue weighted by atomic mass is 9.45. The zero-order valence-corrected chi connectivity index (χ0v) is 21.3. The lowest BCUT2D eigenvalue weighted by Crippen LogP contribution is -2.57. The molecule has 186 valence electrons. The molecule has 6 rings (SSSR count). The van der Waals surface area contributed by atoms with E-state index in [1.54, 1.807) is 11.9 Å². The van der Waals surface area contributed by atoms with Crippen LogP contribution in [-0.2, 0) is 9.59 Å². The topological polar surface area (TPSA) is 47.1 Å². The van der Waals surface area contributed by atoms with Crippen LogP contribution in [-0.4, -0.2) is 79.0 Å². The fraction of sp³-hybridized carbons (Fsp3) is 0.714. The van der Waals surface area contributed by atoms with Crippen molar-refractivity contribution in [1.82, 2.24) is 14.7 Å². The number of likely N-dealkylation sites (tertiary alicyclic amines) is 1. The van der Waals surface area contributed by atoms with Crippen molar-refractivity contribution in [3.63, 3.8) is 0 Å². The Labute approximate surface area is 205 Å². The van der Waals surface area contributed by atoms with Crippen LogP contribution in [0.25, 0.3) is 0 Å². The number of hydrogen-bond donors (Lipinski definition) is 0. The maximum atomic E-state index is 13.8. The number of amides is 2. The van der Waals surface area contributed by atoms with Crippen molar-refractivity contribution in [1.29, 1.82) is 0 Å². The van der Waals surface area contributed by atoms with E-state index < -0.39 is 5.54 Å². The standard InChI is InChI=1S/C28H42N4O2/c1-27(2)23-10-9-22(25(27)19-23)11-14-30-15-12-28(13-16-30)26(34)31(18-17-29(3)21-33)20-32(28)24-7-5-4-6-8-24/h4-8,21-23,25H,9-20H2,1-3H3. The van der Waals surface area contributed by atoms with E-state index in [0.29, 0.717) is 25.2 Å². The van der Waals surface area contributed by atoms with Gasteiger partial charge in [0.05, 0.1) is 6.67 Å². The highest BCUT2D eigenvalue weighted by Gasteiger charge is 2.55. The van der Waals surface area contributed by atoms with Crippen LogP contribution in [0.15, 0.2) is 30.3 Å². The van der Waals surface area contributed by atoms with Gasteiger partial charge in [-0.3, -0.25) is 9.59 Å². The summed E-state index contributed by atoms with van der Waals surface area (Å²) < 4.78 is 0. The van der Waals surface area contributed by atoms with Gasteiger partial charge in [0, 0.05) is 38.9 Å². The first-order chi connectivity index (χ1) is 16.3. The van der Waals surface area contributed by atoms with Gasteiger partial charge in [-0.15, -0.1) is 0 Å². The largest absolute Gasteiger partial charge is 0.347 e. The molecule has 34 heavy (non-hydrogen) atoms. The molecule has 0 N–H and O–H groups in total. The smallest absolute Gasteiger partial charge is 0.250 e. The van der Waals surface area contributed by atoms with Crippen molar-refractivity contribution in [2.45, 2.75) is 57.9 Å². The Kier molecular flexibility index (Phi) is 6.38. The molecule has 1 aromatic carbocycles. The first-order valence-corrected chi connectivity index (χ1v) is 13.3. The monoisotopic (exact) mass is 466 g/mol. The van der Waals surface area contributed by atoms with Gasteiger partial charge in [-0.1, -0.05) is 32.0 Å². The highest BCUT2D eigenvalue weighted by atomic mass is 16.2. The van der Waals surface area contributed by atoms with Gasteiger partial charge in [0.2, 0.25) is 12.3 Å². The van der Waals surface area contributed by atoms with Gasteiger partial charge in [-0.25, -0.2) is 0 Å². The number of carbonyl (C=O) groups is 2. The van der Waals surface area contributed by atoms with Crippen molar-refractivity contribution >= 4 is 18.0 Å². The summed E-state index contributed by atoms with van der Waals surface area (Å²) in [7, 11) is 1.77. The molecular weight excluding hydrogens is 424 g/mol. The molecule has 2 saturated heterocycles. The Bertz CT molecular complexity index is 878. The van der Waals surface area contributed by atoms with E-state index in [0.717, 1.165) is 55.8 Å². The van der Waals surface area contributed by atoms with Crippen LogP contribution in [0.1, 0.15) is 52.4 Å². The fourth-order valence-electron chi connectivity index (χ4n) is 7.51. The first-order valence-electron chi connectivity index (χ1n) is 13.3. The van der Waals surface area contributed by atoms with E-state index in [4.69, 9.17) is 0 Å². The van der Waals surface area contributed by atoms with Crippen LogP contribution in [0.5, 0.6) is 0 Å². The third kappa shape index (κ3) is 4.02. The highest BCUT2D eigenvalue weighted by Crippen LogP contribution is 2.62. The van der Waals surface area contributed by atoms with Crippen LogP contribution in [0, 0.1) is 23.2 Å². The second-order valence-corrected chi connectivity index (χ2v) is 11.9. The van der Waals surface area contributed by atoms with E-state index in [9.17, 15) is 9.59 Å². The second-order valence-electron chi connectivity index (χ2n) is 11.9. The normalized spacial score (nSPS) is 29.9. The van der Waals surface area contributed by atoms with Gasteiger partial charge in [-0.2, -0.15) is 0 Å². The Morgan fingerprint density at radius 2 is 1.82 bits per heavy atom. The molecule has 3 saturated carbocycles. The van der Waals surface area contributed by atoms with E-state index in [2.05, 4.69) is 47.9 Å². The molecule has 6 nitrogen and oxygen atoms in total. The van der Waals surface area contributed by atoms with Crippen molar-refractivity contribution in [2.75, 3.05) is 51.3 Å². The van der Waals surface area contributed by atoms with Gasteiger partial charge in [0.25, 0.3) is 0 Å². The zero-order valence-electron chi connectivity index (χ0n) is 21.3. The number of anilines is 1. The summed E-state index contributed by atoms with van der Waals surface area (Å²) in [5.74, 6) is 3.01. The SMILES string of the molecule is CN(C=O)CCN1CN(c2ccccc2)C2(CCN(CCC3CCC4CC3C4(C)C)CC2)C1=O. The summed E-state index contributed by atoms with van der Waals surface area (Å²) in [6.45, 7) is 9.89. The molecule has 2 amide bonds. The Balaban J connectivity index is 1.23. The van der Waals surface area contributed by atoms with Gasteiger partial charge < -0.3 is 19.6 Å². The molecule has 3 unspecified atom stereocenters. The number of hydrogen-bond acceptors (Lipinski definition) is 4. The van der Waals surface area contributed by atoms with Crippen molar-refractivity contribution < 1.29 is 9.59 Å². The van der Waals surface area contributed by atoms with Crippen molar-refractivity contribution in [3.8, 4) is 0 Å². The molecule has 2 bridgehead atoms. The molecular formula is C28H42N4O2. The quantitative estimate of drug-likeness (QED) is 0.549. The predicted octanol–water partition coefficient (Wildman–Crippen LogP) is 3.68. The number of likely N-dealkylation sites (N-methyl/N-ethyl adjacent to an activating group) is 1. The minimum atomic E-state index is -0.453. The van der Waals surface area contributed by atoms with Crippen molar-refractivity contribution in [2.24, 2.45) is 23.2 Å². The van der Waals surface area contributed by atoms with Crippen LogP contribution in [0.3, 0.4) is 0 Å². The van der Waals surface area contributed by atoms with Crippen molar-refractivity contribution in [3.05, 3.63) is 30.3 Å². The minimum absolute atomic E-state index is 0.241. The molecule has 0 radical (unpaired) electrons. The molecule has 0 aromatic heterocycles. The van der Waals surface area contributed by atoms with Gasteiger partial charge in [0.1, 0.15) is 5.54 Å². The lowest BCUT2D eigenvalue weighted by Gasteiger charge is -2.60. The summed E-state index contributed by atoms with van der Waals surface area (Å²) in [5.41, 5.74) is 1.23. The molecule has 5 fully saturated rings. The highest BCUT2D eigenvalue weighted by molar-refractivity contribution is 5.93. The molecule has 1 spiro atoms. The molecule has 1 aromatic rings. The molecule has 6 heteroatoms. The molecule has 5 aliphatic rings. The number of fused-ring (bicyclic) bond motifs is 2. The number of benzene rings is 1. The Morgan fingerprint density at radius 3 is 2.47 bits per heavy atom.